The molecule has 0 N–H and O–H groups in total. The Hall–Kier alpha value is -2.52. The predicted octanol–water partition coefficient (Wildman–Crippen LogP) is 8.80. The Morgan fingerprint density at radius 2 is 1.18 bits per heavy atom. The molecule has 0 aliphatic heterocycles. The van der Waals surface area contributed by atoms with Crippen molar-refractivity contribution in [3.05, 3.63) is 103 Å². The third kappa shape index (κ3) is 16.7. The highest BCUT2D eigenvalue weighted by Crippen LogP contribution is 2.26. The second kappa shape index (κ2) is 21.3. The summed E-state index contributed by atoms with van der Waals surface area (Å²) in [5.74, 6) is -0.147. The fourth-order valence-electron chi connectivity index (χ4n) is 2.83. The van der Waals surface area contributed by atoms with Crippen molar-refractivity contribution in [1.29, 1.82) is 0 Å². The van der Waals surface area contributed by atoms with Gasteiger partial charge in [-0.1, -0.05) is 98.0 Å². The summed E-state index contributed by atoms with van der Waals surface area (Å²) in [7, 11) is 0. The molecule has 0 aliphatic carbocycles. The number of carbonyl (C=O) groups is 1. The zero-order valence-corrected chi connectivity index (χ0v) is 21.1. The van der Waals surface area contributed by atoms with E-state index in [1.54, 1.807) is 11.8 Å². The van der Waals surface area contributed by atoms with Gasteiger partial charge in [0.05, 0.1) is 6.61 Å². The summed E-state index contributed by atoms with van der Waals surface area (Å²) in [6, 6.07) is 10.0. The number of rotatable bonds is 17. The Balaban J connectivity index is 2.21. The summed E-state index contributed by atoms with van der Waals surface area (Å²) in [5, 5.41) is -0.211. The summed E-state index contributed by atoms with van der Waals surface area (Å²) in [6.45, 7) is 4.41. The second-order valence-corrected chi connectivity index (χ2v) is 8.60. The van der Waals surface area contributed by atoms with E-state index in [0.29, 0.717) is 13.0 Å². The highest BCUT2D eigenvalue weighted by molar-refractivity contribution is 8.00. The first-order chi connectivity index (χ1) is 16.3. The molecule has 0 spiro atoms. The summed E-state index contributed by atoms with van der Waals surface area (Å²) < 4.78 is 5.24. The van der Waals surface area contributed by atoms with E-state index in [-0.39, 0.29) is 11.2 Å². The molecule has 1 unspecified atom stereocenters. The number of hydrogen-bond donors (Lipinski definition) is 0. The molecular weight excluding hydrogens is 424 g/mol. The van der Waals surface area contributed by atoms with Crippen molar-refractivity contribution in [3.63, 3.8) is 0 Å². The van der Waals surface area contributed by atoms with Crippen LogP contribution in [0, 0.1) is 0 Å². The molecule has 3 heteroatoms. The third-order valence-electron chi connectivity index (χ3n) is 4.52. The van der Waals surface area contributed by atoms with Gasteiger partial charge in [-0.15, -0.1) is 11.8 Å². The average molecular weight is 465 g/mol. The monoisotopic (exact) mass is 464 g/mol. The van der Waals surface area contributed by atoms with Crippen molar-refractivity contribution >= 4 is 17.7 Å². The van der Waals surface area contributed by atoms with E-state index < -0.39 is 0 Å². The molecule has 1 aromatic carbocycles. The standard InChI is InChI=1S/C30H40O2S/c1-3-5-6-7-8-9-10-11-12-13-14-15-16-17-18-19-20-24-27-29(30(31)32-4-2)33-28-25-22-21-23-26-28/h5-6,8-9,11-12,14-15,17-18,20-26,29H,3-4,7,10,13,16,19,27H2,1-2H3/b6-5-,9-8-,12-11-,15-14-,18-17-,24-20-. The summed E-state index contributed by atoms with van der Waals surface area (Å²) in [4.78, 5) is 13.3. The van der Waals surface area contributed by atoms with Crippen molar-refractivity contribution in [2.75, 3.05) is 6.61 Å². The van der Waals surface area contributed by atoms with Gasteiger partial charge < -0.3 is 4.74 Å². The first-order valence-electron chi connectivity index (χ1n) is 12.1. The number of ether oxygens (including phenoxy) is 1. The molecule has 0 saturated heterocycles. The Morgan fingerprint density at radius 1 is 0.727 bits per heavy atom. The van der Waals surface area contributed by atoms with Gasteiger partial charge in [0.1, 0.15) is 5.25 Å². The van der Waals surface area contributed by atoms with E-state index in [1.807, 2.05) is 37.3 Å². The van der Waals surface area contributed by atoms with E-state index in [9.17, 15) is 4.79 Å². The summed E-state index contributed by atoms with van der Waals surface area (Å²) in [5.41, 5.74) is 0. The minimum absolute atomic E-state index is 0.147. The molecule has 0 amide bonds. The molecule has 1 aromatic rings. The molecule has 0 bridgehead atoms. The zero-order valence-electron chi connectivity index (χ0n) is 20.3. The van der Waals surface area contributed by atoms with Gasteiger partial charge in [-0.25, -0.2) is 0 Å². The molecule has 0 aliphatic rings. The van der Waals surface area contributed by atoms with E-state index in [1.165, 1.54) is 0 Å². The van der Waals surface area contributed by atoms with Gasteiger partial charge in [-0.05, 0) is 64.0 Å². The molecule has 0 saturated carbocycles. The van der Waals surface area contributed by atoms with Gasteiger partial charge in [0.25, 0.3) is 0 Å². The Bertz CT molecular complexity index is 785. The lowest BCUT2D eigenvalue weighted by atomic mass is 10.2. The maximum atomic E-state index is 12.3. The van der Waals surface area contributed by atoms with Crippen LogP contribution in [-0.2, 0) is 9.53 Å². The van der Waals surface area contributed by atoms with Crippen LogP contribution in [0.25, 0.3) is 0 Å². The van der Waals surface area contributed by atoms with Crippen LogP contribution >= 0.6 is 11.8 Å². The van der Waals surface area contributed by atoms with E-state index >= 15 is 0 Å². The molecule has 1 atom stereocenters. The minimum Gasteiger partial charge on any atom is -0.465 e. The smallest absolute Gasteiger partial charge is 0.319 e. The summed E-state index contributed by atoms with van der Waals surface area (Å²) in [6.07, 6.45) is 32.8. The first-order valence-corrected chi connectivity index (χ1v) is 12.9. The van der Waals surface area contributed by atoms with E-state index in [0.717, 1.165) is 43.4 Å². The predicted molar refractivity (Wildman–Crippen MR) is 146 cm³/mol. The van der Waals surface area contributed by atoms with Gasteiger partial charge >= 0.3 is 5.97 Å². The molecular formula is C30H40O2S. The van der Waals surface area contributed by atoms with E-state index in [4.69, 9.17) is 4.74 Å². The van der Waals surface area contributed by atoms with Crippen molar-refractivity contribution in [2.24, 2.45) is 0 Å². The molecule has 1 rings (SSSR count). The lowest BCUT2D eigenvalue weighted by Gasteiger charge is -2.13. The third-order valence-corrected chi connectivity index (χ3v) is 5.73. The molecule has 178 valence electrons. The largest absolute Gasteiger partial charge is 0.465 e. The lowest BCUT2D eigenvalue weighted by molar-refractivity contribution is -0.142. The van der Waals surface area contributed by atoms with Gasteiger partial charge in [-0.2, -0.15) is 0 Å². The van der Waals surface area contributed by atoms with Crippen LogP contribution in [0.15, 0.2) is 108 Å². The second-order valence-electron chi connectivity index (χ2n) is 7.32. The van der Waals surface area contributed by atoms with Crippen molar-refractivity contribution in [2.45, 2.75) is 68.9 Å². The van der Waals surface area contributed by atoms with Crippen LogP contribution in [0.1, 0.15) is 58.8 Å². The normalized spacial score (nSPS) is 13.5. The average Bonchev–Trinajstić information content (AvgIpc) is 2.83. The topological polar surface area (TPSA) is 26.3 Å². The SMILES string of the molecule is CC/C=C\C/C=C\C/C=C\C/C=C\C/C=C\C/C=C\CC(Sc1ccccc1)C(=O)OCC. The number of benzene rings is 1. The van der Waals surface area contributed by atoms with Crippen molar-refractivity contribution in [1.82, 2.24) is 0 Å². The van der Waals surface area contributed by atoms with E-state index in [2.05, 4.69) is 79.8 Å². The number of hydrogen-bond acceptors (Lipinski definition) is 3. The van der Waals surface area contributed by atoms with Gasteiger partial charge in [0.2, 0.25) is 0 Å². The fourth-order valence-corrected chi connectivity index (χ4v) is 3.85. The lowest BCUT2D eigenvalue weighted by Crippen LogP contribution is -2.19. The Morgan fingerprint density at radius 3 is 1.64 bits per heavy atom. The number of allylic oxidation sites excluding steroid dienone is 12. The molecule has 33 heavy (non-hydrogen) atoms. The highest BCUT2D eigenvalue weighted by Gasteiger charge is 2.19. The summed E-state index contributed by atoms with van der Waals surface area (Å²) >= 11 is 1.56. The molecule has 0 aromatic heterocycles. The van der Waals surface area contributed by atoms with Crippen LogP contribution in [0.3, 0.4) is 0 Å². The highest BCUT2D eigenvalue weighted by atomic mass is 32.2. The van der Waals surface area contributed by atoms with Gasteiger partial charge in [-0.3, -0.25) is 4.79 Å². The Labute approximate surface area is 205 Å². The maximum absolute atomic E-state index is 12.3. The number of carbonyl (C=O) groups excluding carboxylic acids is 1. The van der Waals surface area contributed by atoms with Crippen LogP contribution in [-0.4, -0.2) is 17.8 Å². The molecule has 2 nitrogen and oxygen atoms in total. The molecule has 0 fully saturated rings. The van der Waals surface area contributed by atoms with Gasteiger partial charge in [0, 0.05) is 4.90 Å². The molecule has 0 heterocycles. The van der Waals surface area contributed by atoms with Crippen LogP contribution in [0.4, 0.5) is 0 Å². The fraction of sp³-hybridized carbons (Fsp3) is 0.367. The first kappa shape index (κ1) is 28.5. The Kier molecular flexibility index (Phi) is 18.4. The van der Waals surface area contributed by atoms with Crippen LogP contribution in [0.5, 0.6) is 0 Å². The van der Waals surface area contributed by atoms with Crippen molar-refractivity contribution in [3.8, 4) is 0 Å². The van der Waals surface area contributed by atoms with Gasteiger partial charge in [0.15, 0.2) is 0 Å². The minimum atomic E-state index is -0.211. The quantitative estimate of drug-likeness (QED) is 0.131. The molecule has 0 radical (unpaired) electrons. The van der Waals surface area contributed by atoms with Crippen LogP contribution < -0.4 is 0 Å². The zero-order chi connectivity index (χ0) is 23.8. The van der Waals surface area contributed by atoms with Crippen molar-refractivity contribution < 1.29 is 9.53 Å². The number of thioether (sulfide) groups is 1. The maximum Gasteiger partial charge on any atom is 0.319 e. The number of esters is 1. The van der Waals surface area contributed by atoms with Crippen LogP contribution in [0.2, 0.25) is 0 Å².